The van der Waals surface area contributed by atoms with Gasteiger partial charge in [-0.3, -0.25) is 4.79 Å². The van der Waals surface area contributed by atoms with Crippen LogP contribution in [0.3, 0.4) is 0 Å². The normalized spacial score (nSPS) is 13.3. The van der Waals surface area contributed by atoms with Crippen molar-refractivity contribution in [1.82, 2.24) is 0 Å². The summed E-state index contributed by atoms with van der Waals surface area (Å²) in [5, 5.41) is 3.05. The second-order valence-corrected chi connectivity index (χ2v) is 7.22. The Kier molecular flexibility index (Phi) is 9.71. The summed E-state index contributed by atoms with van der Waals surface area (Å²) in [5.74, 6) is 0.848. The molecule has 4 heteroatoms. The highest BCUT2D eigenvalue weighted by Crippen LogP contribution is 2.29. The van der Waals surface area contributed by atoms with E-state index < -0.39 is 5.60 Å². The van der Waals surface area contributed by atoms with Gasteiger partial charge in [0.05, 0.1) is 6.61 Å². The molecule has 0 saturated heterocycles. The first kappa shape index (κ1) is 22.5. The molecule has 148 valence electrons. The van der Waals surface area contributed by atoms with Gasteiger partial charge in [0.1, 0.15) is 11.4 Å². The topological polar surface area (TPSA) is 47.6 Å². The molecule has 0 fully saturated rings. The summed E-state index contributed by atoms with van der Waals surface area (Å²) in [7, 11) is 0. The van der Waals surface area contributed by atoms with Crippen LogP contribution in [0.4, 0.5) is 5.69 Å². The molecule has 1 unspecified atom stereocenters. The molecular weight excluding hydrogens is 326 g/mol. The molecule has 0 spiro atoms. The van der Waals surface area contributed by atoms with E-state index in [1.807, 2.05) is 39.8 Å². The average molecular weight is 364 g/mol. The molecule has 0 radical (unpaired) electrons. The van der Waals surface area contributed by atoms with Gasteiger partial charge in [-0.05, 0) is 63.8 Å². The van der Waals surface area contributed by atoms with Crippen LogP contribution in [0.25, 0.3) is 0 Å². The second kappa shape index (κ2) is 11.2. The van der Waals surface area contributed by atoms with Gasteiger partial charge in [-0.1, -0.05) is 39.5 Å². The zero-order valence-corrected chi connectivity index (χ0v) is 17.5. The van der Waals surface area contributed by atoms with E-state index in [0.717, 1.165) is 67.7 Å². The van der Waals surface area contributed by atoms with E-state index in [1.54, 1.807) is 0 Å². The van der Waals surface area contributed by atoms with Gasteiger partial charge < -0.3 is 14.8 Å². The third-order valence-corrected chi connectivity index (χ3v) is 4.66. The predicted octanol–water partition coefficient (Wildman–Crippen LogP) is 5.80. The van der Waals surface area contributed by atoms with Crippen molar-refractivity contribution < 1.29 is 14.3 Å². The van der Waals surface area contributed by atoms with Crippen LogP contribution in [0, 0.1) is 13.8 Å². The summed E-state index contributed by atoms with van der Waals surface area (Å²) in [6.45, 7) is 13.4. The van der Waals surface area contributed by atoms with Crippen molar-refractivity contribution in [2.24, 2.45) is 0 Å². The fraction of sp³-hybridized carbons (Fsp3) is 0.682. The molecule has 26 heavy (non-hydrogen) atoms. The third-order valence-electron chi connectivity index (χ3n) is 4.66. The highest BCUT2D eigenvalue weighted by Gasteiger charge is 2.33. The number of benzene rings is 1. The Labute approximate surface area is 159 Å². The van der Waals surface area contributed by atoms with Crippen LogP contribution in [0.5, 0.6) is 5.75 Å². The van der Waals surface area contributed by atoms with Gasteiger partial charge in [0.15, 0.2) is 0 Å². The SMILES string of the molecule is CCCCCC(C)(OCC)C(=O)Nc1cc(C)c(OCCCC)c(C)c1. The van der Waals surface area contributed by atoms with Gasteiger partial charge in [-0.25, -0.2) is 0 Å². The first-order chi connectivity index (χ1) is 12.4. The van der Waals surface area contributed by atoms with Gasteiger partial charge >= 0.3 is 0 Å². The Hall–Kier alpha value is -1.55. The van der Waals surface area contributed by atoms with Crippen molar-refractivity contribution >= 4 is 11.6 Å². The number of amides is 1. The van der Waals surface area contributed by atoms with Crippen LogP contribution in [0.1, 0.15) is 77.3 Å². The Morgan fingerprint density at radius 2 is 1.65 bits per heavy atom. The van der Waals surface area contributed by atoms with E-state index in [2.05, 4.69) is 19.2 Å². The molecular formula is C22H37NO3. The van der Waals surface area contributed by atoms with E-state index in [0.29, 0.717) is 6.61 Å². The lowest BCUT2D eigenvalue weighted by atomic mass is 9.96. The van der Waals surface area contributed by atoms with Crippen molar-refractivity contribution in [3.63, 3.8) is 0 Å². The number of carbonyl (C=O) groups is 1. The van der Waals surface area contributed by atoms with E-state index in [9.17, 15) is 4.79 Å². The molecule has 0 saturated carbocycles. The molecule has 0 aliphatic heterocycles. The number of hydrogen-bond acceptors (Lipinski definition) is 3. The van der Waals surface area contributed by atoms with Crippen molar-refractivity contribution in [2.45, 2.75) is 85.7 Å². The lowest BCUT2D eigenvalue weighted by Gasteiger charge is -2.28. The maximum Gasteiger partial charge on any atom is 0.256 e. The molecule has 0 bridgehead atoms. The Bertz CT molecular complexity index is 548. The summed E-state index contributed by atoms with van der Waals surface area (Å²) < 4.78 is 11.7. The second-order valence-electron chi connectivity index (χ2n) is 7.22. The first-order valence-electron chi connectivity index (χ1n) is 10.1. The average Bonchev–Trinajstić information content (AvgIpc) is 2.58. The number of ether oxygens (including phenoxy) is 2. The van der Waals surface area contributed by atoms with E-state index in [1.165, 1.54) is 0 Å². The molecule has 1 aromatic rings. The standard InChI is InChI=1S/C22H37NO3/c1-7-10-12-13-22(6,26-9-3)21(24)23-19-15-17(4)20(18(5)16-19)25-14-11-8-2/h15-16H,7-14H2,1-6H3,(H,23,24). The zero-order valence-electron chi connectivity index (χ0n) is 17.5. The van der Waals surface area contributed by atoms with Gasteiger partial charge in [-0.2, -0.15) is 0 Å². The fourth-order valence-corrected chi connectivity index (χ4v) is 3.11. The Morgan fingerprint density at radius 1 is 1.04 bits per heavy atom. The number of unbranched alkanes of at least 4 members (excludes halogenated alkanes) is 3. The number of anilines is 1. The largest absolute Gasteiger partial charge is 0.493 e. The molecule has 0 aliphatic carbocycles. The lowest BCUT2D eigenvalue weighted by Crippen LogP contribution is -2.42. The first-order valence-corrected chi connectivity index (χ1v) is 10.1. The van der Waals surface area contributed by atoms with Crippen molar-refractivity contribution in [1.29, 1.82) is 0 Å². The molecule has 1 rings (SSSR count). The minimum Gasteiger partial charge on any atom is -0.493 e. The van der Waals surface area contributed by atoms with Crippen molar-refractivity contribution in [3.8, 4) is 5.75 Å². The van der Waals surface area contributed by atoms with Crippen LogP contribution in [-0.2, 0) is 9.53 Å². The smallest absolute Gasteiger partial charge is 0.256 e. The van der Waals surface area contributed by atoms with E-state index in [-0.39, 0.29) is 5.91 Å². The Morgan fingerprint density at radius 3 is 2.19 bits per heavy atom. The molecule has 1 aromatic carbocycles. The molecule has 1 N–H and O–H groups in total. The lowest BCUT2D eigenvalue weighted by molar-refractivity contribution is -0.139. The number of hydrogen-bond donors (Lipinski definition) is 1. The van der Waals surface area contributed by atoms with Gasteiger partial charge in [0.2, 0.25) is 0 Å². The number of carbonyl (C=O) groups excluding carboxylic acids is 1. The molecule has 1 atom stereocenters. The molecule has 0 aromatic heterocycles. The summed E-state index contributed by atoms with van der Waals surface area (Å²) in [4.78, 5) is 12.9. The van der Waals surface area contributed by atoms with Crippen LogP contribution in [0.2, 0.25) is 0 Å². The maximum absolute atomic E-state index is 12.9. The van der Waals surface area contributed by atoms with Crippen LogP contribution in [0.15, 0.2) is 12.1 Å². The van der Waals surface area contributed by atoms with E-state index in [4.69, 9.17) is 9.47 Å². The molecule has 4 nitrogen and oxygen atoms in total. The quantitative estimate of drug-likeness (QED) is 0.478. The highest BCUT2D eigenvalue weighted by molar-refractivity contribution is 5.97. The monoisotopic (exact) mass is 363 g/mol. The van der Waals surface area contributed by atoms with E-state index >= 15 is 0 Å². The summed E-state index contributed by atoms with van der Waals surface area (Å²) in [5.41, 5.74) is 2.09. The highest BCUT2D eigenvalue weighted by atomic mass is 16.5. The minimum atomic E-state index is -0.790. The summed E-state index contributed by atoms with van der Waals surface area (Å²) >= 11 is 0. The Balaban J connectivity index is 2.86. The summed E-state index contributed by atoms with van der Waals surface area (Å²) in [6, 6.07) is 3.95. The predicted molar refractivity (Wildman–Crippen MR) is 109 cm³/mol. The van der Waals surface area contributed by atoms with Crippen molar-refractivity contribution in [3.05, 3.63) is 23.3 Å². The number of nitrogens with one attached hydrogen (secondary N) is 1. The maximum atomic E-state index is 12.9. The number of rotatable bonds is 12. The number of aryl methyl sites for hydroxylation is 2. The minimum absolute atomic E-state index is 0.0751. The summed E-state index contributed by atoms with van der Waals surface area (Å²) in [6.07, 6.45) is 6.11. The van der Waals surface area contributed by atoms with Crippen LogP contribution in [-0.4, -0.2) is 24.7 Å². The molecule has 1 amide bonds. The molecule has 0 aliphatic rings. The van der Waals surface area contributed by atoms with Gasteiger partial charge in [-0.15, -0.1) is 0 Å². The molecule has 0 heterocycles. The van der Waals surface area contributed by atoms with Crippen molar-refractivity contribution in [2.75, 3.05) is 18.5 Å². The third kappa shape index (κ3) is 6.64. The zero-order chi connectivity index (χ0) is 19.6. The fourth-order valence-electron chi connectivity index (χ4n) is 3.11. The van der Waals surface area contributed by atoms with Crippen LogP contribution >= 0.6 is 0 Å². The van der Waals surface area contributed by atoms with Crippen LogP contribution < -0.4 is 10.1 Å². The van der Waals surface area contributed by atoms with Gasteiger partial charge in [0.25, 0.3) is 5.91 Å². The van der Waals surface area contributed by atoms with Gasteiger partial charge in [0, 0.05) is 12.3 Å².